The highest BCUT2D eigenvalue weighted by molar-refractivity contribution is 6.17. The standard InChI is InChI=1S/C13H10N2O3/c16-10-6-5-9(13(18)14-10)11-7-3-1-2-4-8(7)12(17)15-11/h1-4H,5-6H2,(H,15,17)(H,14,16,18)/b11-9-. The van der Waals surface area contributed by atoms with Gasteiger partial charge >= 0.3 is 0 Å². The minimum absolute atomic E-state index is 0.210. The number of nitrogens with one attached hydrogen (secondary N) is 2. The van der Waals surface area contributed by atoms with Crippen molar-refractivity contribution in [3.05, 3.63) is 41.0 Å². The molecule has 0 saturated carbocycles. The molecule has 2 N–H and O–H groups in total. The second kappa shape index (κ2) is 3.80. The van der Waals surface area contributed by atoms with Gasteiger partial charge in [0.15, 0.2) is 0 Å². The third-order valence-corrected chi connectivity index (χ3v) is 3.11. The molecule has 2 aliphatic heterocycles. The molecule has 0 aromatic heterocycles. The maximum Gasteiger partial charge on any atom is 0.256 e. The molecule has 0 unspecified atom stereocenters. The Morgan fingerprint density at radius 1 is 0.833 bits per heavy atom. The van der Waals surface area contributed by atoms with Crippen molar-refractivity contribution in [2.24, 2.45) is 0 Å². The first kappa shape index (κ1) is 10.7. The summed E-state index contributed by atoms with van der Waals surface area (Å²) < 4.78 is 0. The molecule has 2 aliphatic rings. The third-order valence-electron chi connectivity index (χ3n) is 3.11. The Morgan fingerprint density at radius 2 is 1.56 bits per heavy atom. The van der Waals surface area contributed by atoms with E-state index in [1.807, 2.05) is 6.07 Å². The Kier molecular flexibility index (Phi) is 2.26. The molecule has 5 heteroatoms. The molecule has 1 fully saturated rings. The van der Waals surface area contributed by atoms with Gasteiger partial charge in [-0.3, -0.25) is 19.7 Å². The molecule has 18 heavy (non-hydrogen) atoms. The van der Waals surface area contributed by atoms with E-state index >= 15 is 0 Å². The van der Waals surface area contributed by atoms with Crippen LogP contribution in [0.3, 0.4) is 0 Å². The molecule has 3 rings (SSSR count). The summed E-state index contributed by atoms with van der Waals surface area (Å²) in [6, 6.07) is 7.09. The van der Waals surface area contributed by atoms with Crippen molar-refractivity contribution in [2.75, 3.05) is 0 Å². The summed E-state index contributed by atoms with van der Waals surface area (Å²) in [5.41, 5.74) is 2.28. The van der Waals surface area contributed by atoms with Crippen molar-refractivity contribution in [2.45, 2.75) is 12.8 Å². The van der Waals surface area contributed by atoms with E-state index in [4.69, 9.17) is 0 Å². The van der Waals surface area contributed by atoms with Crippen LogP contribution in [-0.2, 0) is 9.59 Å². The quantitative estimate of drug-likeness (QED) is 0.516. The van der Waals surface area contributed by atoms with Crippen molar-refractivity contribution in [3.8, 4) is 0 Å². The van der Waals surface area contributed by atoms with E-state index < -0.39 is 5.91 Å². The molecular formula is C13H10N2O3. The Balaban J connectivity index is 2.11. The van der Waals surface area contributed by atoms with Crippen molar-refractivity contribution in [1.82, 2.24) is 10.6 Å². The van der Waals surface area contributed by atoms with Crippen LogP contribution in [0.1, 0.15) is 28.8 Å². The van der Waals surface area contributed by atoms with Gasteiger partial charge in [-0.15, -0.1) is 0 Å². The van der Waals surface area contributed by atoms with Gasteiger partial charge in [-0.05, 0) is 12.5 Å². The van der Waals surface area contributed by atoms with Crippen molar-refractivity contribution < 1.29 is 14.4 Å². The molecule has 3 amide bonds. The highest BCUT2D eigenvalue weighted by Crippen LogP contribution is 2.29. The number of piperidine rings is 1. The lowest BCUT2D eigenvalue weighted by Crippen LogP contribution is -2.37. The molecule has 1 aromatic rings. The lowest BCUT2D eigenvalue weighted by Gasteiger charge is -2.16. The molecule has 1 saturated heterocycles. The highest BCUT2D eigenvalue weighted by Gasteiger charge is 2.30. The molecule has 0 bridgehead atoms. The Morgan fingerprint density at radius 3 is 2.28 bits per heavy atom. The van der Waals surface area contributed by atoms with E-state index in [0.717, 1.165) is 5.56 Å². The normalized spacial score (nSPS) is 22.6. The fraction of sp³-hybridized carbons (Fsp3) is 0.154. The molecule has 0 spiro atoms. The predicted octanol–water partition coefficient (Wildman–Crippen LogP) is 0.578. The Hall–Kier alpha value is -2.43. The van der Waals surface area contributed by atoms with Crippen LogP contribution in [0, 0.1) is 0 Å². The van der Waals surface area contributed by atoms with Gasteiger partial charge in [-0.1, -0.05) is 18.2 Å². The molecular weight excluding hydrogens is 232 g/mol. The second-order valence-electron chi connectivity index (χ2n) is 4.23. The Labute approximate surface area is 103 Å². The highest BCUT2D eigenvalue weighted by atomic mass is 16.2. The van der Waals surface area contributed by atoms with Crippen LogP contribution >= 0.6 is 0 Å². The summed E-state index contributed by atoms with van der Waals surface area (Å²) in [6.45, 7) is 0. The first-order valence-corrected chi connectivity index (χ1v) is 5.65. The number of imide groups is 1. The van der Waals surface area contributed by atoms with Crippen LogP contribution in [-0.4, -0.2) is 17.7 Å². The number of benzene rings is 1. The lowest BCUT2D eigenvalue weighted by atomic mass is 9.98. The van der Waals surface area contributed by atoms with E-state index in [9.17, 15) is 14.4 Å². The molecule has 1 aromatic carbocycles. The summed E-state index contributed by atoms with van der Waals surface area (Å²) in [6.07, 6.45) is 0.622. The number of amides is 3. The van der Waals surface area contributed by atoms with Crippen LogP contribution in [0.2, 0.25) is 0 Å². The Bertz CT molecular complexity index is 616. The lowest BCUT2D eigenvalue weighted by molar-refractivity contribution is -0.130. The van der Waals surface area contributed by atoms with Gasteiger partial charge in [-0.25, -0.2) is 0 Å². The maximum absolute atomic E-state index is 11.8. The summed E-state index contributed by atoms with van der Waals surface area (Å²) in [5, 5.41) is 4.97. The minimum atomic E-state index is -0.418. The zero-order valence-electron chi connectivity index (χ0n) is 9.45. The largest absolute Gasteiger partial charge is 0.321 e. The maximum atomic E-state index is 11.8. The zero-order valence-corrected chi connectivity index (χ0v) is 9.45. The van der Waals surface area contributed by atoms with Crippen LogP contribution in [0.25, 0.3) is 5.70 Å². The van der Waals surface area contributed by atoms with Crippen LogP contribution < -0.4 is 10.6 Å². The first-order chi connectivity index (χ1) is 8.66. The number of fused-ring (bicyclic) bond motifs is 1. The summed E-state index contributed by atoms with van der Waals surface area (Å²) in [5.74, 6) is -0.905. The number of rotatable bonds is 0. The number of carbonyl (C=O) groups is 3. The van der Waals surface area contributed by atoms with E-state index in [2.05, 4.69) is 10.6 Å². The predicted molar refractivity (Wildman–Crippen MR) is 63.2 cm³/mol. The van der Waals surface area contributed by atoms with Crippen LogP contribution in [0.5, 0.6) is 0 Å². The van der Waals surface area contributed by atoms with Gasteiger partial charge in [0.25, 0.3) is 11.8 Å². The average molecular weight is 242 g/mol. The van der Waals surface area contributed by atoms with Crippen molar-refractivity contribution in [1.29, 1.82) is 0 Å². The zero-order chi connectivity index (χ0) is 12.7. The number of hydrogen-bond donors (Lipinski definition) is 2. The molecule has 0 atom stereocenters. The SMILES string of the molecule is O=C1CC/C(=C2/NC(=O)c3ccccc32)C(=O)N1. The van der Waals surface area contributed by atoms with Gasteiger partial charge in [0.05, 0.1) is 5.70 Å². The van der Waals surface area contributed by atoms with Gasteiger partial charge in [0.1, 0.15) is 0 Å². The summed E-state index contributed by atoms with van der Waals surface area (Å²) in [7, 11) is 0. The number of hydrogen-bond acceptors (Lipinski definition) is 3. The minimum Gasteiger partial charge on any atom is -0.321 e. The summed E-state index contributed by atoms with van der Waals surface area (Å²) >= 11 is 0. The third kappa shape index (κ3) is 1.52. The fourth-order valence-electron chi connectivity index (χ4n) is 2.24. The molecule has 90 valence electrons. The fourth-order valence-corrected chi connectivity index (χ4v) is 2.24. The average Bonchev–Trinajstić information content (AvgIpc) is 2.68. The monoisotopic (exact) mass is 242 g/mol. The van der Waals surface area contributed by atoms with E-state index in [1.165, 1.54) is 0 Å². The van der Waals surface area contributed by atoms with Crippen molar-refractivity contribution in [3.63, 3.8) is 0 Å². The molecule has 0 radical (unpaired) electrons. The first-order valence-electron chi connectivity index (χ1n) is 5.65. The topological polar surface area (TPSA) is 75.3 Å². The van der Waals surface area contributed by atoms with E-state index in [-0.39, 0.29) is 18.2 Å². The van der Waals surface area contributed by atoms with Crippen LogP contribution in [0.15, 0.2) is 29.8 Å². The van der Waals surface area contributed by atoms with Crippen molar-refractivity contribution >= 4 is 23.4 Å². The smallest absolute Gasteiger partial charge is 0.256 e. The van der Waals surface area contributed by atoms with Crippen LogP contribution in [0.4, 0.5) is 0 Å². The molecule has 2 heterocycles. The van der Waals surface area contributed by atoms with Gasteiger partial charge in [0, 0.05) is 23.1 Å². The van der Waals surface area contributed by atoms with Gasteiger partial charge in [-0.2, -0.15) is 0 Å². The second-order valence-corrected chi connectivity index (χ2v) is 4.23. The van der Waals surface area contributed by atoms with Gasteiger partial charge < -0.3 is 5.32 Å². The number of carbonyl (C=O) groups excluding carboxylic acids is 3. The van der Waals surface area contributed by atoms with Gasteiger partial charge in [0.2, 0.25) is 5.91 Å². The molecule has 0 aliphatic carbocycles. The molecule has 5 nitrogen and oxygen atoms in total. The summed E-state index contributed by atoms with van der Waals surface area (Å²) in [4.78, 5) is 34.6. The van der Waals surface area contributed by atoms with E-state index in [1.54, 1.807) is 18.2 Å². The van der Waals surface area contributed by atoms with E-state index in [0.29, 0.717) is 23.3 Å².